The van der Waals surface area contributed by atoms with E-state index in [2.05, 4.69) is 26.2 Å². The number of rotatable bonds is 5. The maximum absolute atomic E-state index is 11.5. The van der Waals surface area contributed by atoms with Gasteiger partial charge in [-0.2, -0.15) is 0 Å². The smallest absolute Gasteiger partial charge is 0.404 e. The highest BCUT2D eigenvalue weighted by Crippen LogP contribution is 2.10. The number of aromatic nitrogens is 1. The van der Waals surface area contributed by atoms with Crippen molar-refractivity contribution in [1.82, 2.24) is 10.3 Å². The second kappa shape index (κ2) is 6.92. The molecule has 0 bridgehead atoms. The van der Waals surface area contributed by atoms with Gasteiger partial charge in [0.25, 0.3) is 0 Å². The topological polar surface area (TPSA) is 112 Å². The minimum absolute atomic E-state index is 0.166. The zero-order valence-corrected chi connectivity index (χ0v) is 10.8. The molecule has 0 saturated heterocycles. The summed E-state index contributed by atoms with van der Waals surface area (Å²) in [6.45, 7) is -0.451. The van der Waals surface area contributed by atoms with Gasteiger partial charge >= 0.3 is 6.09 Å². The van der Waals surface area contributed by atoms with Crippen molar-refractivity contribution >= 4 is 33.7 Å². The number of halogens is 1. The first-order valence-corrected chi connectivity index (χ1v) is 5.82. The van der Waals surface area contributed by atoms with Crippen molar-refractivity contribution in [3.05, 3.63) is 22.8 Å². The van der Waals surface area contributed by atoms with Gasteiger partial charge < -0.3 is 20.8 Å². The normalized spacial score (nSPS) is 11.7. The van der Waals surface area contributed by atoms with Crippen LogP contribution in [-0.4, -0.2) is 39.8 Å². The molecule has 0 aromatic carbocycles. The summed E-state index contributed by atoms with van der Waals surface area (Å²) in [4.78, 5) is 25.8. The number of carboxylic acid groups (broad SMARTS) is 1. The van der Waals surface area contributed by atoms with Gasteiger partial charge in [0.05, 0.1) is 12.6 Å². The Morgan fingerprint density at radius 3 is 2.67 bits per heavy atom. The van der Waals surface area contributed by atoms with Crippen LogP contribution in [0, 0.1) is 0 Å². The van der Waals surface area contributed by atoms with E-state index in [1.54, 1.807) is 12.1 Å². The summed E-state index contributed by atoms with van der Waals surface area (Å²) in [5.74, 6) is -0.0761. The second-order valence-electron chi connectivity index (χ2n) is 3.44. The minimum atomic E-state index is -1.29. The third kappa shape index (κ3) is 5.11. The van der Waals surface area contributed by atoms with Gasteiger partial charge in [0.15, 0.2) is 0 Å². The molecule has 8 heteroatoms. The van der Waals surface area contributed by atoms with Gasteiger partial charge in [0, 0.05) is 17.1 Å². The van der Waals surface area contributed by atoms with Crippen LogP contribution in [0.3, 0.4) is 0 Å². The maximum atomic E-state index is 11.5. The highest BCUT2D eigenvalue weighted by Gasteiger charge is 2.15. The fourth-order valence-corrected chi connectivity index (χ4v) is 1.44. The predicted molar refractivity (Wildman–Crippen MR) is 67.2 cm³/mol. The molecule has 98 valence electrons. The fourth-order valence-electron chi connectivity index (χ4n) is 1.20. The lowest BCUT2D eigenvalue weighted by molar-refractivity contribution is -0.116. The summed E-state index contributed by atoms with van der Waals surface area (Å²) in [5.41, 5.74) is 0. The van der Waals surface area contributed by atoms with Crippen molar-refractivity contribution in [1.29, 1.82) is 0 Å². The molecular weight excluding hydrogens is 306 g/mol. The molecule has 0 spiro atoms. The first kappa shape index (κ1) is 14.4. The van der Waals surface area contributed by atoms with Crippen LogP contribution < -0.4 is 10.6 Å². The Bertz CT molecular complexity index is 424. The number of amides is 2. The van der Waals surface area contributed by atoms with Crippen LogP contribution in [0.2, 0.25) is 0 Å². The largest absolute Gasteiger partial charge is 0.465 e. The molecule has 1 heterocycles. The van der Waals surface area contributed by atoms with E-state index in [4.69, 9.17) is 10.2 Å². The Hall–Kier alpha value is -1.67. The zero-order valence-electron chi connectivity index (χ0n) is 9.26. The van der Waals surface area contributed by atoms with E-state index < -0.39 is 24.6 Å². The number of hydrogen-bond acceptors (Lipinski definition) is 4. The average Bonchev–Trinajstić information content (AvgIpc) is 2.30. The first-order valence-electron chi connectivity index (χ1n) is 5.03. The number of aliphatic hydroxyl groups excluding tert-OH is 1. The summed E-state index contributed by atoms with van der Waals surface area (Å²) in [6, 6.07) is 2.47. The van der Waals surface area contributed by atoms with E-state index >= 15 is 0 Å². The van der Waals surface area contributed by atoms with Gasteiger partial charge in [-0.05, 0) is 28.1 Å². The lowest BCUT2D eigenvalue weighted by Gasteiger charge is -2.13. The Morgan fingerprint density at radius 2 is 2.17 bits per heavy atom. The molecule has 1 aromatic rings. The van der Waals surface area contributed by atoms with Crippen molar-refractivity contribution in [3.8, 4) is 0 Å². The fraction of sp³-hybridized carbons (Fsp3) is 0.300. The van der Waals surface area contributed by atoms with Gasteiger partial charge in [-0.25, -0.2) is 9.78 Å². The van der Waals surface area contributed by atoms with E-state index in [-0.39, 0.29) is 6.42 Å². The van der Waals surface area contributed by atoms with Crippen LogP contribution in [0.1, 0.15) is 6.42 Å². The monoisotopic (exact) mass is 317 g/mol. The zero-order chi connectivity index (χ0) is 13.5. The molecule has 1 atom stereocenters. The average molecular weight is 318 g/mol. The molecule has 0 saturated carbocycles. The Morgan fingerprint density at radius 1 is 1.44 bits per heavy atom. The third-order valence-corrected chi connectivity index (χ3v) is 2.44. The molecule has 0 aliphatic heterocycles. The number of carbonyl (C=O) groups is 2. The summed E-state index contributed by atoms with van der Waals surface area (Å²) in [6.07, 6.45) is 0.0680. The van der Waals surface area contributed by atoms with Gasteiger partial charge in [-0.1, -0.05) is 0 Å². The van der Waals surface area contributed by atoms with E-state index in [0.717, 1.165) is 4.47 Å². The molecule has 1 rings (SSSR count). The van der Waals surface area contributed by atoms with Crippen LogP contribution in [0.5, 0.6) is 0 Å². The molecule has 18 heavy (non-hydrogen) atoms. The summed E-state index contributed by atoms with van der Waals surface area (Å²) in [5, 5.41) is 21.9. The molecule has 2 amide bonds. The van der Waals surface area contributed by atoms with E-state index in [1.165, 1.54) is 6.20 Å². The molecular formula is C10H12BrN3O4. The second-order valence-corrected chi connectivity index (χ2v) is 4.36. The quantitative estimate of drug-likeness (QED) is 0.642. The Kier molecular flexibility index (Phi) is 5.53. The summed E-state index contributed by atoms with van der Waals surface area (Å²) < 4.78 is 0.779. The number of carbonyl (C=O) groups excluding carboxylic acids is 1. The number of nitrogens with zero attached hydrogens (tertiary/aromatic N) is 1. The highest BCUT2D eigenvalue weighted by atomic mass is 79.9. The first-order chi connectivity index (χ1) is 8.51. The van der Waals surface area contributed by atoms with E-state index in [9.17, 15) is 9.59 Å². The van der Waals surface area contributed by atoms with Crippen molar-refractivity contribution in [2.45, 2.75) is 12.5 Å². The van der Waals surface area contributed by atoms with Gasteiger partial charge in [-0.3, -0.25) is 4.79 Å². The number of pyridine rings is 1. The summed E-state index contributed by atoms with van der Waals surface area (Å²) in [7, 11) is 0. The highest BCUT2D eigenvalue weighted by molar-refractivity contribution is 9.10. The van der Waals surface area contributed by atoms with Crippen molar-refractivity contribution in [2.75, 3.05) is 11.9 Å². The molecule has 0 aliphatic carbocycles. The third-order valence-electron chi connectivity index (χ3n) is 1.97. The lowest BCUT2D eigenvalue weighted by atomic mass is 10.2. The Labute approximate surface area is 111 Å². The summed E-state index contributed by atoms with van der Waals surface area (Å²) >= 11 is 3.21. The number of anilines is 1. The van der Waals surface area contributed by atoms with Crippen molar-refractivity contribution < 1.29 is 19.8 Å². The van der Waals surface area contributed by atoms with E-state index in [0.29, 0.717) is 5.82 Å². The van der Waals surface area contributed by atoms with Gasteiger partial charge in [-0.15, -0.1) is 0 Å². The molecule has 0 aliphatic rings. The lowest BCUT2D eigenvalue weighted by Crippen LogP contribution is -2.39. The Balaban J connectivity index is 2.49. The minimum Gasteiger partial charge on any atom is -0.465 e. The standard InChI is InChI=1S/C10H12BrN3O4/c11-6-1-2-8(12-4-6)14-9(16)3-7(5-15)13-10(17)18/h1-2,4,7,13,15H,3,5H2,(H,17,18)(H,12,14,16)/t7-/m0/s1. The van der Waals surface area contributed by atoms with E-state index in [1.807, 2.05) is 5.32 Å². The SMILES string of the molecule is O=C(O)N[C@H](CO)CC(=O)Nc1ccc(Br)cn1. The molecule has 0 radical (unpaired) electrons. The maximum Gasteiger partial charge on any atom is 0.404 e. The molecule has 0 fully saturated rings. The number of nitrogens with one attached hydrogen (secondary N) is 2. The van der Waals surface area contributed by atoms with Crippen molar-refractivity contribution in [2.24, 2.45) is 0 Å². The van der Waals surface area contributed by atoms with Crippen LogP contribution in [0.4, 0.5) is 10.6 Å². The van der Waals surface area contributed by atoms with Crippen LogP contribution >= 0.6 is 15.9 Å². The number of aliphatic hydroxyl groups is 1. The predicted octanol–water partition coefficient (Wildman–Crippen LogP) is 0.801. The molecule has 1 aromatic heterocycles. The molecule has 0 unspecified atom stereocenters. The molecule has 4 N–H and O–H groups in total. The van der Waals surface area contributed by atoms with Crippen LogP contribution in [0.25, 0.3) is 0 Å². The van der Waals surface area contributed by atoms with Gasteiger partial charge in [0.2, 0.25) is 5.91 Å². The van der Waals surface area contributed by atoms with Crippen LogP contribution in [-0.2, 0) is 4.79 Å². The molecule has 7 nitrogen and oxygen atoms in total. The number of hydrogen-bond donors (Lipinski definition) is 4. The van der Waals surface area contributed by atoms with Gasteiger partial charge in [0.1, 0.15) is 5.82 Å². The van der Waals surface area contributed by atoms with Crippen molar-refractivity contribution in [3.63, 3.8) is 0 Å². The van der Waals surface area contributed by atoms with Crippen LogP contribution in [0.15, 0.2) is 22.8 Å².